The van der Waals surface area contributed by atoms with Crippen LogP contribution in [0.4, 0.5) is 23.0 Å². The second kappa shape index (κ2) is 10.7. The zero-order valence-electron chi connectivity index (χ0n) is 17.7. The van der Waals surface area contributed by atoms with Gasteiger partial charge in [-0.2, -0.15) is 0 Å². The Morgan fingerprint density at radius 3 is 2.69 bits per heavy atom. The number of benzene rings is 2. The summed E-state index contributed by atoms with van der Waals surface area (Å²) in [4.78, 5) is 23.9. The number of carbonyl (C=O) groups is 1. The molecule has 1 aliphatic heterocycles. The van der Waals surface area contributed by atoms with Crippen LogP contribution in [0.3, 0.4) is 0 Å². The first-order valence-electron chi connectivity index (χ1n) is 10.2. The molecule has 3 aromatic rings. The molecule has 4 rings (SSSR count). The molecule has 0 spiro atoms. The van der Waals surface area contributed by atoms with Crippen LogP contribution in [0.15, 0.2) is 70.7 Å². The third kappa shape index (κ3) is 6.00. The molecule has 0 radical (unpaired) electrons. The van der Waals surface area contributed by atoms with Gasteiger partial charge in [0, 0.05) is 41.2 Å². The Morgan fingerprint density at radius 1 is 1.09 bits per heavy atom. The van der Waals surface area contributed by atoms with Crippen LogP contribution < -0.4 is 15.5 Å². The normalized spacial score (nSPS) is 13.1. The summed E-state index contributed by atoms with van der Waals surface area (Å²) in [5.41, 5.74) is 2.79. The van der Waals surface area contributed by atoms with Crippen LogP contribution in [-0.2, 0) is 9.53 Å². The van der Waals surface area contributed by atoms with Gasteiger partial charge in [-0.1, -0.05) is 23.7 Å². The van der Waals surface area contributed by atoms with Gasteiger partial charge >= 0.3 is 0 Å². The van der Waals surface area contributed by atoms with Crippen LogP contribution in [0, 0.1) is 11.8 Å². The van der Waals surface area contributed by atoms with Gasteiger partial charge in [-0.05, 0) is 61.4 Å². The Kier molecular flexibility index (Phi) is 7.23. The first-order chi connectivity index (χ1) is 15.7. The fourth-order valence-corrected chi connectivity index (χ4v) is 4.03. The van der Waals surface area contributed by atoms with E-state index in [1.54, 1.807) is 13.1 Å². The monoisotopic (exact) mass is 445 g/mol. The van der Waals surface area contributed by atoms with E-state index in [1.807, 2.05) is 42.5 Å². The molecule has 0 atom stereocenters. The molecule has 1 aromatic heterocycles. The minimum Gasteiger partial charge on any atom is -0.378 e. The minimum atomic E-state index is -0.331. The third-order valence-corrected chi connectivity index (χ3v) is 5.61. The van der Waals surface area contributed by atoms with Crippen molar-refractivity contribution in [2.45, 2.75) is 16.8 Å². The molecule has 7 nitrogen and oxygen atoms in total. The van der Waals surface area contributed by atoms with Crippen molar-refractivity contribution in [3.05, 3.63) is 60.8 Å². The van der Waals surface area contributed by atoms with Crippen molar-refractivity contribution in [3.8, 4) is 11.8 Å². The Balaban J connectivity index is 1.40. The lowest BCUT2D eigenvalue weighted by Gasteiger charge is -2.28. The second-order valence-corrected chi connectivity index (χ2v) is 8.04. The minimum absolute atomic E-state index is 0.331. The average molecular weight is 446 g/mol. The highest BCUT2D eigenvalue weighted by Crippen LogP contribution is 2.29. The number of amides is 1. The molecule has 8 heteroatoms. The number of hydrogen-bond donors (Lipinski definition) is 2. The van der Waals surface area contributed by atoms with E-state index >= 15 is 0 Å². The summed E-state index contributed by atoms with van der Waals surface area (Å²) in [6, 6.07) is 17.7. The quantitative estimate of drug-likeness (QED) is 0.435. The Morgan fingerprint density at radius 2 is 1.91 bits per heavy atom. The van der Waals surface area contributed by atoms with Crippen molar-refractivity contribution in [3.63, 3.8) is 0 Å². The maximum Gasteiger partial charge on any atom is 0.300 e. The Bertz CT molecular complexity index is 1130. The standard InChI is InChI=1S/C24H23N5O2S/c1-2-4-22(30)26-19-5-3-6-21(17-19)32-23-11-12-25-24(28-23)27-18-7-9-20(10-8-18)29-13-15-31-16-14-29/h3,5-12,17H,13-16H2,1H3,(H,26,30)(H,25,27,28). The molecule has 1 saturated heterocycles. The van der Waals surface area contributed by atoms with E-state index in [4.69, 9.17) is 4.74 Å². The number of hydrogen-bond acceptors (Lipinski definition) is 7. The van der Waals surface area contributed by atoms with Gasteiger partial charge in [0.25, 0.3) is 5.91 Å². The molecule has 0 unspecified atom stereocenters. The molecule has 1 fully saturated rings. The van der Waals surface area contributed by atoms with Crippen LogP contribution in [0.25, 0.3) is 0 Å². The molecule has 0 aliphatic carbocycles. The van der Waals surface area contributed by atoms with E-state index in [9.17, 15) is 4.79 Å². The number of ether oxygens (including phenoxy) is 1. The molecule has 2 heterocycles. The number of nitrogens with one attached hydrogen (secondary N) is 2. The zero-order chi connectivity index (χ0) is 22.2. The van der Waals surface area contributed by atoms with E-state index in [2.05, 4.69) is 49.5 Å². The van der Waals surface area contributed by atoms with E-state index in [0.717, 1.165) is 41.9 Å². The third-order valence-electron chi connectivity index (χ3n) is 4.68. The van der Waals surface area contributed by atoms with Crippen LogP contribution in [0.1, 0.15) is 6.92 Å². The maximum atomic E-state index is 11.7. The maximum absolute atomic E-state index is 11.7. The topological polar surface area (TPSA) is 79.4 Å². The SMILES string of the molecule is CC#CC(=O)Nc1cccc(Sc2ccnc(Nc3ccc(N4CCOCC4)cc3)n2)c1. The van der Waals surface area contributed by atoms with Gasteiger partial charge < -0.3 is 20.3 Å². The molecule has 1 aliphatic rings. The van der Waals surface area contributed by atoms with Crippen molar-refractivity contribution in [2.24, 2.45) is 0 Å². The van der Waals surface area contributed by atoms with Crippen molar-refractivity contribution in [1.29, 1.82) is 0 Å². The number of anilines is 4. The molecular weight excluding hydrogens is 422 g/mol. The highest BCUT2D eigenvalue weighted by atomic mass is 32.2. The van der Waals surface area contributed by atoms with E-state index < -0.39 is 0 Å². The van der Waals surface area contributed by atoms with Gasteiger partial charge in [-0.15, -0.1) is 0 Å². The van der Waals surface area contributed by atoms with E-state index in [-0.39, 0.29) is 5.91 Å². The van der Waals surface area contributed by atoms with E-state index in [1.165, 1.54) is 17.4 Å². The predicted octanol–water partition coefficient (Wildman–Crippen LogP) is 4.17. The van der Waals surface area contributed by atoms with Crippen molar-refractivity contribution < 1.29 is 9.53 Å². The summed E-state index contributed by atoms with van der Waals surface area (Å²) in [5, 5.41) is 6.82. The molecule has 0 bridgehead atoms. The van der Waals surface area contributed by atoms with Crippen molar-refractivity contribution in [2.75, 3.05) is 41.8 Å². The number of carbonyl (C=O) groups excluding carboxylic acids is 1. The van der Waals surface area contributed by atoms with Gasteiger partial charge in [0.05, 0.1) is 13.2 Å². The van der Waals surface area contributed by atoms with E-state index in [0.29, 0.717) is 11.6 Å². The molecule has 162 valence electrons. The summed E-state index contributed by atoms with van der Waals surface area (Å²) >= 11 is 1.49. The number of nitrogens with zero attached hydrogens (tertiary/aromatic N) is 3. The van der Waals surface area contributed by atoms with Crippen LogP contribution >= 0.6 is 11.8 Å². The number of morpholine rings is 1. The van der Waals surface area contributed by atoms with Crippen molar-refractivity contribution in [1.82, 2.24) is 9.97 Å². The van der Waals surface area contributed by atoms with Gasteiger partial charge in [-0.3, -0.25) is 4.79 Å². The largest absolute Gasteiger partial charge is 0.378 e. The van der Waals surface area contributed by atoms with Crippen molar-refractivity contribution >= 4 is 40.7 Å². The van der Waals surface area contributed by atoms with Gasteiger partial charge in [0.1, 0.15) is 5.03 Å². The number of rotatable bonds is 6. The zero-order valence-corrected chi connectivity index (χ0v) is 18.5. The summed E-state index contributed by atoms with van der Waals surface area (Å²) < 4.78 is 5.41. The smallest absolute Gasteiger partial charge is 0.300 e. The van der Waals surface area contributed by atoms with Crippen LogP contribution in [0.5, 0.6) is 0 Å². The number of aromatic nitrogens is 2. The molecule has 2 aromatic carbocycles. The van der Waals surface area contributed by atoms with Gasteiger partial charge in [0.15, 0.2) is 0 Å². The highest BCUT2D eigenvalue weighted by molar-refractivity contribution is 7.99. The summed E-state index contributed by atoms with van der Waals surface area (Å²) in [7, 11) is 0. The molecular formula is C24H23N5O2S. The predicted molar refractivity (Wildman–Crippen MR) is 127 cm³/mol. The molecule has 2 N–H and O–H groups in total. The van der Waals surface area contributed by atoms with Crippen LogP contribution in [0.2, 0.25) is 0 Å². The first kappa shape index (κ1) is 21.7. The molecule has 32 heavy (non-hydrogen) atoms. The lowest BCUT2D eigenvalue weighted by atomic mass is 10.2. The lowest BCUT2D eigenvalue weighted by molar-refractivity contribution is -0.111. The fourth-order valence-electron chi connectivity index (χ4n) is 3.20. The summed E-state index contributed by atoms with van der Waals surface area (Å²) in [5.74, 6) is 5.26. The highest BCUT2D eigenvalue weighted by Gasteiger charge is 2.11. The Labute approximate surface area is 191 Å². The van der Waals surface area contributed by atoms with Gasteiger partial charge in [-0.25, -0.2) is 9.97 Å². The Hall–Kier alpha value is -3.54. The molecule has 0 saturated carbocycles. The van der Waals surface area contributed by atoms with Gasteiger partial charge in [0.2, 0.25) is 5.95 Å². The summed E-state index contributed by atoms with van der Waals surface area (Å²) in [6.07, 6.45) is 1.72. The summed E-state index contributed by atoms with van der Waals surface area (Å²) in [6.45, 7) is 4.98. The molecule has 1 amide bonds. The van der Waals surface area contributed by atoms with Crippen LogP contribution in [-0.4, -0.2) is 42.2 Å². The lowest BCUT2D eigenvalue weighted by Crippen LogP contribution is -2.36. The average Bonchev–Trinajstić information content (AvgIpc) is 2.81. The first-order valence-corrected chi connectivity index (χ1v) is 11.1. The fraction of sp³-hybridized carbons (Fsp3) is 0.208. The second-order valence-electron chi connectivity index (χ2n) is 6.95.